The molecule has 0 aliphatic carbocycles. The fourth-order valence-corrected chi connectivity index (χ4v) is 2.52. The highest BCUT2D eigenvalue weighted by Crippen LogP contribution is 2.25. The van der Waals surface area contributed by atoms with E-state index in [4.69, 9.17) is 28.3 Å². The predicted molar refractivity (Wildman–Crippen MR) is 64.6 cm³/mol. The number of carbonyl (C=O) groups is 1. The maximum atomic E-state index is 10.8. The first-order chi connectivity index (χ1) is 7.56. The third-order valence-corrected chi connectivity index (χ3v) is 3.22. The van der Waals surface area contributed by atoms with E-state index in [1.807, 2.05) is 0 Å². The van der Waals surface area contributed by atoms with Crippen LogP contribution < -0.4 is 0 Å². The van der Waals surface area contributed by atoms with E-state index in [1.165, 1.54) is 11.8 Å². The Morgan fingerprint density at radius 1 is 1.38 bits per heavy atom. The zero-order valence-electron chi connectivity index (χ0n) is 8.54. The zero-order chi connectivity index (χ0) is 12.1. The van der Waals surface area contributed by atoms with Crippen molar-refractivity contribution in [3.63, 3.8) is 0 Å². The molecule has 0 unspecified atom stereocenters. The Labute approximate surface area is 107 Å². The Kier molecular flexibility index (Phi) is 5.31. The summed E-state index contributed by atoms with van der Waals surface area (Å²) < 4.78 is 0. The minimum Gasteiger partial charge on any atom is -0.477 e. The van der Waals surface area contributed by atoms with Gasteiger partial charge in [0.25, 0.3) is 0 Å². The molecule has 0 saturated carbocycles. The largest absolute Gasteiger partial charge is 0.477 e. The van der Waals surface area contributed by atoms with E-state index in [0.717, 1.165) is 18.6 Å². The van der Waals surface area contributed by atoms with Gasteiger partial charge >= 0.3 is 5.97 Å². The second-order valence-corrected chi connectivity index (χ2v) is 4.75. The van der Waals surface area contributed by atoms with Crippen molar-refractivity contribution in [2.75, 3.05) is 5.75 Å². The number of carboxylic acids is 1. The lowest BCUT2D eigenvalue weighted by molar-refractivity contribution is 0.0696. The van der Waals surface area contributed by atoms with Crippen molar-refractivity contribution in [3.05, 3.63) is 15.9 Å². The minimum absolute atomic E-state index is 0.119. The first kappa shape index (κ1) is 13.5. The normalized spacial score (nSPS) is 10.4. The van der Waals surface area contributed by atoms with Crippen LogP contribution >= 0.6 is 35.0 Å². The Bertz CT molecular complexity index is 378. The summed E-state index contributed by atoms with van der Waals surface area (Å²) in [5.74, 6) is -0.365. The number of hydrogen-bond donors (Lipinski definition) is 1. The molecule has 0 radical (unpaired) electrons. The van der Waals surface area contributed by atoms with E-state index in [-0.39, 0.29) is 15.9 Å². The number of nitrogens with zero attached hydrogens (tertiary/aromatic N) is 2. The third kappa shape index (κ3) is 3.50. The molecule has 0 atom stereocenters. The molecule has 7 heteroatoms. The molecule has 88 valence electrons. The van der Waals surface area contributed by atoms with Crippen LogP contribution in [0.15, 0.2) is 5.16 Å². The van der Waals surface area contributed by atoms with Crippen molar-refractivity contribution >= 4 is 40.9 Å². The highest BCUT2D eigenvalue weighted by Gasteiger charge is 2.17. The Morgan fingerprint density at radius 2 is 1.94 bits per heavy atom. The van der Waals surface area contributed by atoms with Crippen molar-refractivity contribution in [2.24, 2.45) is 0 Å². The van der Waals surface area contributed by atoms with E-state index in [2.05, 4.69) is 16.9 Å². The molecule has 1 rings (SSSR count). The quantitative estimate of drug-likeness (QED) is 0.388. The number of aromatic nitrogens is 2. The lowest BCUT2D eigenvalue weighted by Gasteiger charge is -2.03. The summed E-state index contributed by atoms with van der Waals surface area (Å²) in [6.45, 7) is 2.08. The molecule has 1 aromatic rings. The summed E-state index contributed by atoms with van der Waals surface area (Å²) in [6.07, 6.45) is 2.10. The van der Waals surface area contributed by atoms with E-state index in [1.54, 1.807) is 0 Å². The standard InChI is InChI=1S/C9H10Cl2N2O2S/c1-2-3-4-16-9-12-6(10)5(8(14)15)7(11)13-9/h2-4H2,1H3,(H,14,15). The maximum Gasteiger partial charge on any atom is 0.342 e. The molecule has 0 amide bonds. The fourth-order valence-electron chi connectivity index (χ4n) is 0.939. The summed E-state index contributed by atoms with van der Waals surface area (Å²) in [6, 6.07) is 0. The monoisotopic (exact) mass is 280 g/mol. The molecule has 1 aromatic heterocycles. The van der Waals surface area contributed by atoms with Crippen molar-refractivity contribution in [2.45, 2.75) is 24.9 Å². The molecular weight excluding hydrogens is 271 g/mol. The second-order valence-electron chi connectivity index (χ2n) is 2.97. The van der Waals surface area contributed by atoms with Gasteiger partial charge in [0.2, 0.25) is 0 Å². The molecular formula is C9H10Cl2N2O2S. The van der Waals surface area contributed by atoms with Gasteiger partial charge in [-0.1, -0.05) is 48.3 Å². The van der Waals surface area contributed by atoms with Crippen LogP contribution in [0, 0.1) is 0 Å². The molecule has 1 heterocycles. The Balaban J connectivity index is 2.87. The molecule has 4 nitrogen and oxygen atoms in total. The molecule has 0 bridgehead atoms. The number of aromatic carboxylic acids is 1. The van der Waals surface area contributed by atoms with Crippen LogP contribution in [0.3, 0.4) is 0 Å². The predicted octanol–water partition coefficient (Wildman–Crippen LogP) is 3.37. The summed E-state index contributed by atoms with van der Waals surface area (Å²) in [4.78, 5) is 18.5. The number of halogens is 2. The van der Waals surface area contributed by atoms with Gasteiger partial charge in [0.05, 0.1) is 0 Å². The van der Waals surface area contributed by atoms with E-state index in [0.29, 0.717) is 5.16 Å². The third-order valence-electron chi connectivity index (χ3n) is 1.74. The summed E-state index contributed by atoms with van der Waals surface area (Å²) in [7, 11) is 0. The van der Waals surface area contributed by atoms with Crippen LogP contribution in [0.4, 0.5) is 0 Å². The van der Waals surface area contributed by atoms with Crippen LogP contribution in [0.5, 0.6) is 0 Å². The lowest BCUT2D eigenvalue weighted by atomic mass is 10.3. The number of hydrogen-bond acceptors (Lipinski definition) is 4. The lowest BCUT2D eigenvalue weighted by Crippen LogP contribution is -2.03. The maximum absolute atomic E-state index is 10.8. The molecule has 0 aliphatic rings. The van der Waals surface area contributed by atoms with Gasteiger partial charge in [0.15, 0.2) is 5.16 Å². The minimum atomic E-state index is -1.22. The van der Waals surface area contributed by atoms with Crippen LogP contribution in [-0.4, -0.2) is 26.8 Å². The molecule has 1 N–H and O–H groups in total. The molecule has 0 fully saturated rings. The van der Waals surface area contributed by atoms with Crippen molar-refractivity contribution in [1.29, 1.82) is 0 Å². The van der Waals surface area contributed by atoms with Crippen molar-refractivity contribution < 1.29 is 9.90 Å². The molecule has 0 spiro atoms. The van der Waals surface area contributed by atoms with Gasteiger partial charge in [-0.2, -0.15) is 0 Å². The summed E-state index contributed by atoms with van der Waals surface area (Å²) >= 11 is 12.8. The first-order valence-electron chi connectivity index (χ1n) is 4.65. The topological polar surface area (TPSA) is 63.1 Å². The van der Waals surface area contributed by atoms with Crippen LogP contribution in [0.1, 0.15) is 30.1 Å². The Morgan fingerprint density at radius 3 is 2.38 bits per heavy atom. The van der Waals surface area contributed by atoms with E-state index >= 15 is 0 Å². The SMILES string of the molecule is CCCCSc1nc(Cl)c(C(=O)O)c(Cl)n1. The van der Waals surface area contributed by atoms with Crippen LogP contribution in [0.2, 0.25) is 10.3 Å². The molecule has 16 heavy (non-hydrogen) atoms. The van der Waals surface area contributed by atoms with Gasteiger partial charge in [-0.15, -0.1) is 0 Å². The van der Waals surface area contributed by atoms with Gasteiger partial charge in [0, 0.05) is 5.75 Å². The molecule has 0 aliphatic heterocycles. The average Bonchev–Trinajstić information content (AvgIpc) is 2.16. The average molecular weight is 281 g/mol. The smallest absolute Gasteiger partial charge is 0.342 e. The van der Waals surface area contributed by atoms with Gasteiger partial charge in [-0.25, -0.2) is 14.8 Å². The second kappa shape index (κ2) is 6.27. The molecule has 0 saturated heterocycles. The highest BCUT2D eigenvalue weighted by atomic mass is 35.5. The van der Waals surface area contributed by atoms with Gasteiger partial charge in [-0.05, 0) is 6.42 Å². The van der Waals surface area contributed by atoms with Crippen molar-refractivity contribution in [1.82, 2.24) is 9.97 Å². The summed E-state index contributed by atoms with van der Waals surface area (Å²) in [5, 5.41) is 8.97. The van der Waals surface area contributed by atoms with Crippen LogP contribution in [-0.2, 0) is 0 Å². The fraction of sp³-hybridized carbons (Fsp3) is 0.444. The number of thioether (sulfide) groups is 1. The van der Waals surface area contributed by atoms with E-state index in [9.17, 15) is 4.79 Å². The number of unbranched alkanes of at least 4 members (excludes halogenated alkanes) is 1. The molecule has 0 aromatic carbocycles. The van der Waals surface area contributed by atoms with Gasteiger partial charge < -0.3 is 5.11 Å². The van der Waals surface area contributed by atoms with Gasteiger partial charge in [-0.3, -0.25) is 0 Å². The van der Waals surface area contributed by atoms with Crippen LogP contribution in [0.25, 0.3) is 0 Å². The first-order valence-corrected chi connectivity index (χ1v) is 6.39. The van der Waals surface area contributed by atoms with Crippen molar-refractivity contribution in [3.8, 4) is 0 Å². The summed E-state index contributed by atoms with van der Waals surface area (Å²) in [5.41, 5.74) is -0.247. The number of carboxylic acid groups (broad SMARTS) is 1. The number of rotatable bonds is 5. The highest BCUT2D eigenvalue weighted by molar-refractivity contribution is 7.99. The van der Waals surface area contributed by atoms with E-state index < -0.39 is 5.97 Å². The zero-order valence-corrected chi connectivity index (χ0v) is 10.9. The van der Waals surface area contributed by atoms with Gasteiger partial charge in [0.1, 0.15) is 15.9 Å². The Hall–Kier alpha value is -0.520.